The quantitative estimate of drug-likeness (QED) is 0.530. The number of imide groups is 1. The van der Waals surface area contributed by atoms with Gasteiger partial charge in [-0.3, -0.25) is 14.5 Å². The molecule has 4 rings (SSSR count). The molecule has 0 unspecified atom stereocenters. The number of hydrogen-bond acceptors (Lipinski definition) is 5. The summed E-state index contributed by atoms with van der Waals surface area (Å²) in [4.78, 5) is 27.9. The van der Waals surface area contributed by atoms with Gasteiger partial charge in [0.05, 0.1) is 24.5 Å². The summed E-state index contributed by atoms with van der Waals surface area (Å²) in [6.45, 7) is 8.00. The first-order valence-corrected chi connectivity index (χ1v) is 10.6. The molecule has 1 N–H and O–H groups in total. The number of amides is 2. The van der Waals surface area contributed by atoms with Gasteiger partial charge in [0.1, 0.15) is 17.2 Å². The zero-order valence-electron chi connectivity index (χ0n) is 18.6. The molecule has 164 valence electrons. The van der Waals surface area contributed by atoms with E-state index in [0.29, 0.717) is 22.6 Å². The van der Waals surface area contributed by atoms with Gasteiger partial charge >= 0.3 is 0 Å². The molecule has 0 radical (unpaired) electrons. The van der Waals surface area contributed by atoms with Crippen LogP contribution in [-0.4, -0.2) is 22.8 Å². The average molecular weight is 431 g/mol. The van der Waals surface area contributed by atoms with Gasteiger partial charge in [-0.25, -0.2) is 0 Å². The molecule has 1 aliphatic rings. The molecule has 1 aromatic heterocycles. The monoisotopic (exact) mass is 430 g/mol. The number of carbonyl (C=O) groups excluding carboxylic acids is 2. The van der Waals surface area contributed by atoms with E-state index < -0.39 is 0 Å². The van der Waals surface area contributed by atoms with Crippen molar-refractivity contribution in [3.05, 3.63) is 89.0 Å². The van der Waals surface area contributed by atoms with Crippen LogP contribution in [0.4, 0.5) is 5.69 Å². The van der Waals surface area contributed by atoms with Crippen molar-refractivity contribution in [2.45, 2.75) is 40.3 Å². The SMILES string of the molecule is Cc1ccc(C2=C(Nc3ccc(OC(C)C)cc3)C(=O)N(Cc3ccco3)C2=O)cc1C. The molecule has 0 saturated heterocycles. The number of ether oxygens (including phenoxy) is 1. The lowest BCUT2D eigenvalue weighted by Gasteiger charge is -2.14. The van der Waals surface area contributed by atoms with E-state index in [-0.39, 0.29) is 30.2 Å². The van der Waals surface area contributed by atoms with Gasteiger partial charge in [0.15, 0.2) is 0 Å². The minimum Gasteiger partial charge on any atom is -0.491 e. The summed E-state index contributed by atoms with van der Waals surface area (Å²) in [7, 11) is 0. The molecule has 2 heterocycles. The molecule has 6 nitrogen and oxygen atoms in total. The van der Waals surface area contributed by atoms with Gasteiger partial charge in [0.2, 0.25) is 0 Å². The topological polar surface area (TPSA) is 71.8 Å². The number of benzene rings is 2. The van der Waals surface area contributed by atoms with Gasteiger partial charge in [0, 0.05) is 5.69 Å². The Kier molecular flexibility index (Phi) is 5.86. The van der Waals surface area contributed by atoms with E-state index in [9.17, 15) is 9.59 Å². The van der Waals surface area contributed by atoms with Crippen LogP contribution in [-0.2, 0) is 16.1 Å². The Morgan fingerprint density at radius 3 is 2.34 bits per heavy atom. The number of rotatable bonds is 7. The van der Waals surface area contributed by atoms with E-state index in [4.69, 9.17) is 9.15 Å². The number of carbonyl (C=O) groups is 2. The standard InChI is InChI=1S/C26H26N2O4/c1-16(2)32-21-11-9-20(10-12-21)27-24-23(19-8-7-17(3)18(4)14-19)25(29)28(26(24)30)15-22-6-5-13-31-22/h5-14,16,27H,15H2,1-4H3. The van der Waals surface area contributed by atoms with Crippen LogP contribution < -0.4 is 10.1 Å². The number of furan rings is 1. The fourth-order valence-electron chi connectivity index (χ4n) is 3.59. The average Bonchev–Trinajstić information content (AvgIpc) is 3.34. The van der Waals surface area contributed by atoms with Crippen LogP contribution in [0.25, 0.3) is 5.57 Å². The molecule has 0 fully saturated rings. The second kappa shape index (κ2) is 8.75. The van der Waals surface area contributed by atoms with Crippen molar-refractivity contribution in [1.29, 1.82) is 0 Å². The zero-order valence-corrected chi connectivity index (χ0v) is 18.6. The van der Waals surface area contributed by atoms with E-state index in [1.807, 2.05) is 70.2 Å². The lowest BCUT2D eigenvalue weighted by molar-refractivity contribution is -0.137. The minimum atomic E-state index is -0.387. The van der Waals surface area contributed by atoms with Crippen LogP contribution in [0.15, 0.2) is 71.0 Å². The first-order chi connectivity index (χ1) is 15.3. The van der Waals surface area contributed by atoms with Crippen LogP contribution in [0.3, 0.4) is 0 Å². The Labute approximate surface area is 187 Å². The van der Waals surface area contributed by atoms with Gasteiger partial charge in [-0.1, -0.05) is 18.2 Å². The molecule has 0 atom stereocenters. The Morgan fingerprint density at radius 2 is 1.72 bits per heavy atom. The van der Waals surface area contributed by atoms with Gasteiger partial charge in [-0.05, 0) is 80.8 Å². The number of nitrogens with one attached hydrogen (secondary N) is 1. The maximum atomic E-state index is 13.4. The maximum Gasteiger partial charge on any atom is 0.278 e. The summed E-state index contributed by atoms with van der Waals surface area (Å²) in [5.41, 5.74) is 4.17. The van der Waals surface area contributed by atoms with Crippen molar-refractivity contribution >= 4 is 23.1 Å². The van der Waals surface area contributed by atoms with Crippen LogP contribution in [0.5, 0.6) is 5.75 Å². The van der Waals surface area contributed by atoms with E-state index in [2.05, 4.69) is 5.32 Å². The van der Waals surface area contributed by atoms with E-state index in [1.54, 1.807) is 12.1 Å². The highest BCUT2D eigenvalue weighted by molar-refractivity contribution is 6.36. The molecule has 0 aliphatic carbocycles. The number of nitrogens with zero attached hydrogens (tertiary/aromatic N) is 1. The molecule has 2 amide bonds. The lowest BCUT2D eigenvalue weighted by Crippen LogP contribution is -2.31. The summed E-state index contributed by atoms with van der Waals surface area (Å²) in [5, 5.41) is 3.18. The Balaban J connectivity index is 1.70. The van der Waals surface area contributed by atoms with Crippen molar-refractivity contribution in [1.82, 2.24) is 4.90 Å². The fourth-order valence-corrected chi connectivity index (χ4v) is 3.59. The van der Waals surface area contributed by atoms with E-state index >= 15 is 0 Å². The lowest BCUT2D eigenvalue weighted by atomic mass is 9.99. The van der Waals surface area contributed by atoms with Gasteiger partial charge in [-0.15, -0.1) is 0 Å². The highest BCUT2D eigenvalue weighted by Gasteiger charge is 2.39. The molecule has 3 aromatic rings. The van der Waals surface area contributed by atoms with Gasteiger partial charge < -0.3 is 14.5 Å². The summed E-state index contributed by atoms with van der Waals surface area (Å²) in [6, 6.07) is 16.6. The molecular formula is C26H26N2O4. The zero-order chi connectivity index (χ0) is 22.8. The Bertz CT molecular complexity index is 1180. The van der Waals surface area contributed by atoms with Crippen molar-refractivity contribution in [3.63, 3.8) is 0 Å². The third-order valence-electron chi connectivity index (χ3n) is 5.35. The van der Waals surface area contributed by atoms with Crippen LogP contribution >= 0.6 is 0 Å². The van der Waals surface area contributed by atoms with Crippen molar-refractivity contribution in [2.75, 3.05) is 5.32 Å². The summed E-state index contributed by atoms with van der Waals surface area (Å²) < 4.78 is 11.1. The second-order valence-corrected chi connectivity index (χ2v) is 8.14. The van der Waals surface area contributed by atoms with Crippen molar-refractivity contribution in [2.24, 2.45) is 0 Å². The van der Waals surface area contributed by atoms with Crippen LogP contribution in [0.2, 0.25) is 0 Å². The third-order valence-corrected chi connectivity index (χ3v) is 5.35. The molecule has 0 spiro atoms. The maximum absolute atomic E-state index is 13.4. The van der Waals surface area contributed by atoms with Crippen LogP contribution in [0.1, 0.15) is 36.3 Å². The molecule has 1 aliphatic heterocycles. The largest absolute Gasteiger partial charge is 0.491 e. The molecule has 2 aromatic carbocycles. The molecule has 0 bridgehead atoms. The number of anilines is 1. The van der Waals surface area contributed by atoms with Gasteiger partial charge in [-0.2, -0.15) is 0 Å². The molecule has 0 saturated carbocycles. The van der Waals surface area contributed by atoms with Crippen molar-refractivity contribution in [3.8, 4) is 5.75 Å². The minimum absolute atomic E-state index is 0.0667. The predicted octanol–water partition coefficient (Wildman–Crippen LogP) is 5.08. The first-order valence-electron chi connectivity index (χ1n) is 10.6. The van der Waals surface area contributed by atoms with E-state index in [0.717, 1.165) is 16.9 Å². The third kappa shape index (κ3) is 4.30. The Hall–Kier alpha value is -3.80. The first kappa shape index (κ1) is 21.4. The highest BCUT2D eigenvalue weighted by atomic mass is 16.5. The van der Waals surface area contributed by atoms with E-state index in [1.165, 1.54) is 11.2 Å². The molecular weight excluding hydrogens is 404 g/mol. The normalized spacial score (nSPS) is 14.0. The predicted molar refractivity (Wildman–Crippen MR) is 123 cm³/mol. The smallest absolute Gasteiger partial charge is 0.278 e. The summed E-state index contributed by atoms with van der Waals surface area (Å²) >= 11 is 0. The second-order valence-electron chi connectivity index (χ2n) is 8.14. The molecule has 32 heavy (non-hydrogen) atoms. The van der Waals surface area contributed by atoms with Crippen LogP contribution in [0, 0.1) is 13.8 Å². The highest BCUT2D eigenvalue weighted by Crippen LogP contribution is 2.32. The summed E-state index contributed by atoms with van der Waals surface area (Å²) in [5.74, 6) is 0.545. The Morgan fingerprint density at radius 1 is 0.969 bits per heavy atom. The van der Waals surface area contributed by atoms with Gasteiger partial charge in [0.25, 0.3) is 11.8 Å². The number of hydrogen-bond donors (Lipinski definition) is 1. The molecule has 6 heteroatoms. The summed E-state index contributed by atoms with van der Waals surface area (Å²) in [6.07, 6.45) is 1.59. The fraction of sp³-hybridized carbons (Fsp3) is 0.231. The van der Waals surface area contributed by atoms with Crippen molar-refractivity contribution < 1.29 is 18.7 Å². The number of aryl methyl sites for hydroxylation is 2.